The molecule has 0 radical (unpaired) electrons. The van der Waals surface area contributed by atoms with Crippen molar-refractivity contribution >= 4 is 23.6 Å². The van der Waals surface area contributed by atoms with E-state index in [4.69, 9.17) is 4.74 Å². The summed E-state index contributed by atoms with van der Waals surface area (Å²) in [5, 5.41) is 0. The molecule has 1 atom stereocenters. The summed E-state index contributed by atoms with van der Waals surface area (Å²) in [5.41, 5.74) is 0.952. The lowest BCUT2D eigenvalue weighted by atomic mass is 10.1. The van der Waals surface area contributed by atoms with Crippen LogP contribution in [-0.4, -0.2) is 59.0 Å². The third-order valence-electron chi connectivity index (χ3n) is 4.50. The van der Waals surface area contributed by atoms with Crippen molar-refractivity contribution in [2.75, 3.05) is 31.3 Å². The molecule has 2 aliphatic heterocycles. The summed E-state index contributed by atoms with van der Waals surface area (Å²) in [5.74, 6) is 2.29. The van der Waals surface area contributed by atoms with Gasteiger partial charge in [0.1, 0.15) is 11.8 Å². The summed E-state index contributed by atoms with van der Waals surface area (Å²) >= 11 is 1.66. The first kappa shape index (κ1) is 17.1. The quantitative estimate of drug-likeness (QED) is 0.818. The number of likely N-dealkylation sites (tertiary alicyclic amines) is 1. The fraction of sp³-hybridized carbons (Fsp3) is 0.556. The van der Waals surface area contributed by atoms with E-state index in [9.17, 15) is 9.59 Å². The Morgan fingerprint density at radius 1 is 1.21 bits per heavy atom. The lowest BCUT2D eigenvalue weighted by molar-refractivity contribution is -0.142. The van der Waals surface area contributed by atoms with E-state index in [1.165, 1.54) is 0 Å². The summed E-state index contributed by atoms with van der Waals surface area (Å²) in [6.07, 6.45) is 2.48. The third kappa shape index (κ3) is 3.86. The van der Waals surface area contributed by atoms with E-state index in [0.29, 0.717) is 24.7 Å². The van der Waals surface area contributed by atoms with Crippen molar-refractivity contribution in [3.8, 4) is 5.75 Å². The van der Waals surface area contributed by atoms with Crippen molar-refractivity contribution in [3.05, 3.63) is 29.8 Å². The van der Waals surface area contributed by atoms with Gasteiger partial charge >= 0.3 is 0 Å². The average molecular weight is 348 g/mol. The molecule has 0 bridgehead atoms. The third-order valence-corrected chi connectivity index (χ3v) is 5.51. The van der Waals surface area contributed by atoms with Crippen LogP contribution in [0.3, 0.4) is 0 Å². The van der Waals surface area contributed by atoms with Crippen molar-refractivity contribution in [1.82, 2.24) is 9.80 Å². The van der Waals surface area contributed by atoms with E-state index in [1.807, 2.05) is 36.1 Å². The lowest BCUT2D eigenvalue weighted by Crippen LogP contribution is -2.48. The number of thioether (sulfide) groups is 1. The highest BCUT2D eigenvalue weighted by atomic mass is 32.2. The van der Waals surface area contributed by atoms with E-state index in [0.717, 1.165) is 37.2 Å². The Kier molecular flexibility index (Phi) is 5.66. The van der Waals surface area contributed by atoms with Gasteiger partial charge in [-0.2, -0.15) is 0 Å². The van der Waals surface area contributed by atoms with E-state index >= 15 is 0 Å². The number of carbonyl (C=O) groups is 2. The van der Waals surface area contributed by atoms with Gasteiger partial charge in [-0.15, -0.1) is 11.8 Å². The molecule has 1 aromatic carbocycles. The van der Waals surface area contributed by atoms with Gasteiger partial charge in [0.2, 0.25) is 11.8 Å². The fourth-order valence-electron chi connectivity index (χ4n) is 3.19. The van der Waals surface area contributed by atoms with Crippen LogP contribution in [0.5, 0.6) is 5.75 Å². The van der Waals surface area contributed by atoms with E-state index in [2.05, 4.69) is 0 Å². The molecule has 0 N–H and O–H groups in total. The van der Waals surface area contributed by atoms with Crippen molar-refractivity contribution in [3.63, 3.8) is 0 Å². The van der Waals surface area contributed by atoms with Gasteiger partial charge in [-0.1, -0.05) is 12.1 Å². The summed E-state index contributed by atoms with van der Waals surface area (Å²) in [4.78, 5) is 29.0. The number of amides is 2. The molecule has 24 heavy (non-hydrogen) atoms. The zero-order chi connectivity index (χ0) is 16.9. The largest absolute Gasteiger partial charge is 0.494 e. The van der Waals surface area contributed by atoms with Crippen LogP contribution < -0.4 is 4.74 Å². The molecule has 5 nitrogen and oxygen atoms in total. The fourth-order valence-corrected chi connectivity index (χ4v) is 4.36. The lowest BCUT2D eigenvalue weighted by Gasteiger charge is -2.27. The molecule has 0 aromatic heterocycles. The normalized spacial score (nSPS) is 20.5. The van der Waals surface area contributed by atoms with Gasteiger partial charge in [-0.05, 0) is 37.5 Å². The minimum Gasteiger partial charge on any atom is -0.494 e. The highest BCUT2D eigenvalue weighted by Gasteiger charge is 2.37. The van der Waals surface area contributed by atoms with Crippen LogP contribution in [0.2, 0.25) is 0 Å². The van der Waals surface area contributed by atoms with Crippen LogP contribution >= 0.6 is 11.8 Å². The van der Waals surface area contributed by atoms with Gasteiger partial charge in [0.15, 0.2) is 0 Å². The molecule has 6 heteroatoms. The summed E-state index contributed by atoms with van der Waals surface area (Å²) < 4.78 is 5.42. The van der Waals surface area contributed by atoms with Crippen LogP contribution in [-0.2, 0) is 16.0 Å². The molecular formula is C18H24N2O3S. The van der Waals surface area contributed by atoms with Gasteiger partial charge in [-0.3, -0.25) is 9.59 Å². The van der Waals surface area contributed by atoms with Gasteiger partial charge in [0, 0.05) is 18.8 Å². The molecule has 2 heterocycles. The van der Waals surface area contributed by atoms with Crippen LogP contribution in [0.25, 0.3) is 0 Å². The molecule has 2 fully saturated rings. The smallest absolute Gasteiger partial charge is 0.246 e. The number of nitrogens with zero attached hydrogens (tertiary/aromatic N) is 2. The number of rotatable bonds is 5. The predicted octanol–water partition coefficient (Wildman–Crippen LogP) is 2.15. The number of ether oxygens (including phenoxy) is 1. The van der Waals surface area contributed by atoms with E-state index < -0.39 is 0 Å². The SMILES string of the molecule is CCOc1ccc(CC(=O)N2CSC[C@@H]2C(=O)N2CCCC2)cc1. The maximum Gasteiger partial charge on any atom is 0.246 e. The van der Waals surface area contributed by atoms with Crippen LogP contribution in [0.1, 0.15) is 25.3 Å². The molecule has 0 saturated carbocycles. The summed E-state index contributed by atoms with van der Waals surface area (Å²) in [6.45, 7) is 4.24. The van der Waals surface area contributed by atoms with Crippen LogP contribution in [0, 0.1) is 0 Å². The summed E-state index contributed by atoms with van der Waals surface area (Å²) in [7, 11) is 0. The molecule has 1 aromatic rings. The standard InChI is InChI=1S/C18H24N2O3S/c1-2-23-15-7-5-14(6-8-15)11-17(21)20-13-24-12-16(20)18(22)19-9-3-4-10-19/h5-8,16H,2-4,9-13H2,1H3/t16-/m1/s1. The second-order valence-electron chi connectivity index (χ2n) is 6.17. The zero-order valence-electron chi connectivity index (χ0n) is 14.1. The Morgan fingerprint density at radius 2 is 1.92 bits per heavy atom. The van der Waals surface area contributed by atoms with Crippen LogP contribution in [0.15, 0.2) is 24.3 Å². The van der Waals surface area contributed by atoms with Gasteiger partial charge in [0.25, 0.3) is 0 Å². The maximum atomic E-state index is 12.7. The molecule has 2 amide bonds. The Morgan fingerprint density at radius 3 is 2.58 bits per heavy atom. The molecule has 2 aliphatic rings. The molecule has 2 saturated heterocycles. The Balaban J connectivity index is 1.61. The minimum absolute atomic E-state index is 0.0294. The highest BCUT2D eigenvalue weighted by molar-refractivity contribution is 7.99. The monoisotopic (exact) mass is 348 g/mol. The van der Waals surface area contributed by atoms with Gasteiger partial charge in [0.05, 0.1) is 18.9 Å². The number of carbonyl (C=O) groups excluding carboxylic acids is 2. The summed E-state index contributed by atoms with van der Waals surface area (Å²) in [6, 6.07) is 7.32. The Labute approximate surface area is 147 Å². The second kappa shape index (κ2) is 7.92. The van der Waals surface area contributed by atoms with Crippen molar-refractivity contribution < 1.29 is 14.3 Å². The van der Waals surface area contributed by atoms with E-state index in [-0.39, 0.29) is 17.9 Å². The second-order valence-corrected chi connectivity index (χ2v) is 7.17. The average Bonchev–Trinajstić information content (AvgIpc) is 3.28. The van der Waals surface area contributed by atoms with Gasteiger partial charge < -0.3 is 14.5 Å². The minimum atomic E-state index is -0.289. The van der Waals surface area contributed by atoms with Crippen molar-refractivity contribution in [2.24, 2.45) is 0 Å². The Bertz CT molecular complexity index is 584. The first-order valence-corrected chi connectivity index (χ1v) is 9.72. The maximum absolute atomic E-state index is 12.7. The first-order valence-electron chi connectivity index (χ1n) is 8.56. The van der Waals surface area contributed by atoms with Gasteiger partial charge in [-0.25, -0.2) is 0 Å². The molecule has 3 rings (SSSR count). The first-order chi connectivity index (χ1) is 11.7. The number of hydrogen-bond acceptors (Lipinski definition) is 4. The van der Waals surface area contributed by atoms with Crippen molar-refractivity contribution in [1.29, 1.82) is 0 Å². The molecule has 0 aliphatic carbocycles. The van der Waals surface area contributed by atoms with E-state index in [1.54, 1.807) is 16.7 Å². The highest BCUT2D eigenvalue weighted by Crippen LogP contribution is 2.25. The van der Waals surface area contributed by atoms with Crippen LogP contribution in [0.4, 0.5) is 0 Å². The molecule has 130 valence electrons. The molecular weight excluding hydrogens is 324 g/mol. The Hall–Kier alpha value is -1.69. The molecule has 0 spiro atoms. The molecule has 0 unspecified atom stereocenters. The number of hydrogen-bond donors (Lipinski definition) is 0. The zero-order valence-corrected chi connectivity index (χ0v) is 14.9. The number of benzene rings is 1. The predicted molar refractivity (Wildman–Crippen MR) is 95.1 cm³/mol. The topological polar surface area (TPSA) is 49.9 Å². The van der Waals surface area contributed by atoms with Crippen molar-refractivity contribution in [2.45, 2.75) is 32.2 Å².